The van der Waals surface area contributed by atoms with E-state index in [0.29, 0.717) is 13.2 Å². The van der Waals surface area contributed by atoms with Gasteiger partial charge in [0.25, 0.3) is 0 Å². The second-order valence-corrected chi connectivity index (χ2v) is 6.70. The molecule has 0 atom stereocenters. The molecule has 6 heteroatoms. The Kier molecular flexibility index (Phi) is 8.36. The molecule has 2 N–H and O–H groups in total. The molecule has 0 amide bonds. The highest BCUT2D eigenvalue weighted by molar-refractivity contribution is 14.1. The van der Waals surface area contributed by atoms with Gasteiger partial charge in [0.1, 0.15) is 0 Å². The van der Waals surface area contributed by atoms with Crippen LogP contribution in [0.1, 0.15) is 11.8 Å². The molecule has 18 heavy (non-hydrogen) atoms. The summed E-state index contributed by atoms with van der Waals surface area (Å²) in [5.41, 5.74) is 0. The number of hydrogen-bond acceptors (Lipinski definition) is 3. The van der Waals surface area contributed by atoms with Crippen LogP contribution in [-0.2, 0) is 11.2 Å². The largest absolute Gasteiger partial charge is 0.383 e. The van der Waals surface area contributed by atoms with E-state index in [1.807, 2.05) is 11.3 Å². The van der Waals surface area contributed by atoms with E-state index in [-0.39, 0.29) is 0 Å². The molecule has 102 valence electrons. The highest BCUT2D eigenvalue weighted by atomic mass is 127. The monoisotopic (exact) mass is 381 g/mol. The van der Waals surface area contributed by atoms with E-state index in [1.54, 1.807) is 7.11 Å². The third-order valence-electron chi connectivity index (χ3n) is 2.20. The van der Waals surface area contributed by atoms with Gasteiger partial charge in [-0.05, 0) is 48.1 Å². The molecule has 0 bridgehead atoms. The summed E-state index contributed by atoms with van der Waals surface area (Å²) >= 11 is 4.19. The maximum Gasteiger partial charge on any atom is 0.191 e. The van der Waals surface area contributed by atoms with Crippen molar-refractivity contribution in [3.05, 3.63) is 19.9 Å². The Morgan fingerprint density at radius 1 is 1.44 bits per heavy atom. The van der Waals surface area contributed by atoms with Gasteiger partial charge in [0.15, 0.2) is 5.96 Å². The van der Waals surface area contributed by atoms with Crippen molar-refractivity contribution >= 4 is 39.9 Å². The number of guanidine groups is 1. The molecule has 1 aromatic rings. The maximum absolute atomic E-state index is 4.99. The lowest BCUT2D eigenvalue weighted by molar-refractivity contribution is 0.208. The molecule has 1 rings (SSSR count). The Hall–Kier alpha value is -0.340. The number of nitrogens with one attached hydrogen (secondary N) is 2. The van der Waals surface area contributed by atoms with Crippen LogP contribution in [-0.4, -0.2) is 39.3 Å². The summed E-state index contributed by atoms with van der Waals surface area (Å²) in [7, 11) is 1.69. The van der Waals surface area contributed by atoms with Gasteiger partial charge in [-0.1, -0.05) is 0 Å². The van der Waals surface area contributed by atoms with E-state index in [4.69, 9.17) is 4.74 Å². The van der Waals surface area contributed by atoms with Gasteiger partial charge in [0.2, 0.25) is 0 Å². The van der Waals surface area contributed by atoms with Gasteiger partial charge < -0.3 is 15.4 Å². The van der Waals surface area contributed by atoms with Gasteiger partial charge in [0.05, 0.1) is 16.0 Å². The average molecular weight is 381 g/mol. The minimum Gasteiger partial charge on any atom is -0.383 e. The normalized spacial score (nSPS) is 11.6. The Morgan fingerprint density at radius 3 is 2.89 bits per heavy atom. The number of halogens is 1. The van der Waals surface area contributed by atoms with Crippen LogP contribution >= 0.6 is 33.9 Å². The standard InChI is InChI=1S/C12H20IN3OS/c1-3-14-12(16-8-9-17-2)15-7-6-10-4-5-11(13)18-10/h4-5H,3,6-9H2,1-2H3,(H2,14,15,16). The third-order valence-corrected chi connectivity index (χ3v) is 4.16. The number of nitrogens with zero attached hydrogens (tertiary/aromatic N) is 1. The molecule has 4 nitrogen and oxygen atoms in total. The molecule has 0 saturated carbocycles. The van der Waals surface area contributed by atoms with Gasteiger partial charge in [-0.3, -0.25) is 4.99 Å². The molecule has 0 aromatic carbocycles. The molecule has 0 radical (unpaired) electrons. The first-order chi connectivity index (χ1) is 8.76. The fourth-order valence-electron chi connectivity index (χ4n) is 1.38. The van der Waals surface area contributed by atoms with Crippen molar-refractivity contribution < 1.29 is 4.74 Å². The third kappa shape index (κ3) is 6.55. The Morgan fingerprint density at radius 2 is 2.28 bits per heavy atom. The summed E-state index contributed by atoms with van der Waals surface area (Å²) in [6.07, 6.45) is 1.03. The minimum absolute atomic E-state index is 0.652. The summed E-state index contributed by atoms with van der Waals surface area (Å²) in [5.74, 6) is 0.862. The predicted octanol–water partition coefficient (Wildman–Crippen LogP) is 2.10. The number of thiophene rings is 1. The summed E-state index contributed by atoms with van der Waals surface area (Å²) in [4.78, 5) is 5.81. The van der Waals surface area contributed by atoms with Gasteiger partial charge in [-0.25, -0.2) is 0 Å². The molecule has 1 aromatic heterocycles. The zero-order valence-corrected chi connectivity index (χ0v) is 13.8. The number of methoxy groups -OCH3 is 1. The van der Waals surface area contributed by atoms with Crippen LogP contribution < -0.4 is 10.6 Å². The first kappa shape index (κ1) is 15.7. The molecule has 0 unspecified atom stereocenters. The molecule has 0 saturated heterocycles. The highest BCUT2D eigenvalue weighted by Gasteiger charge is 1.99. The van der Waals surface area contributed by atoms with Crippen LogP contribution in [0.5, 0.6) is 0 Å². The van der Waals surface area contributed by atoms with Crippen LogP contribution in [0.2, 0.25) is 0 Å². The fraction of sp³-hybridized carbons (Fsp3) is 0.583. The van der Waals surface area contributed by atoms with Crippen LogP contribution in [0, 0.1) is 2.88 Å². The zero-order chi connectivity index (χ0) is 13.2. The van der Waals surface area contributed by atoms with Crippen molar-refractivity contribution in [1.82, 2.24) is 10.6 Å². The summed E-state index contributed by atoms with van der Waals surface area (Å²) < 4.78 is 6.32. The van der Waals surface area contributed by atoms with E-state index in [1.165, 1.54) is 7.76 Å². The Balaban J connectivity index is 2.30. The number of hydrogen-bond donors (Lipinski definition) is 2. The first-order valence-electron chi connectivity index (χ1n) is 6.01. The number of ether oxygens (including phenoxy) is 1. The van der Waals surface area contributed by atoms with Crippen molar-refractivity contribution in [1.29, 1.82) is 0 Å². The van der Waals surface area contributed by atoms with E-state index in [0.717, 1.165) is 25.5 Å². The van der Waals surface area contributed by atoms with Crippen LogP contribution in [0.3, 0.4) is 0 Å². The van der Waals surface area contributed by atoms with Crippen LogP contribution in [0.15, 0.2) is 17.1 Å². The quantitative estimate of drug-likeness (QED) is 0.329. The van der Waals surface area contributed by atoms with Crippen molar-refractivity contribution in [2.75, 3.05) is 33.4 Å². The number of aliphatic imine (C=N–C) groups is 1. The van der Waals surface area contributed by atoms with Crippen LogP contribution in [0.4, 0.5) is 0 Å². The summed E-state index contributed by atoms with van der Waals surface area (Å²) in [6, 6.07) is 4.33. The predicted molar refractivity (Wildman–Crippen MR) is 86.6 cm³/mol. The molecule has 0 fully saturated rings. The van der Waals surface area contributed by atoms with Gasteiger partial charge in [-0.2, -0.15) is 0 Å². The highest BCUT2D eigenvalue weighted by Crippen LogP contribution is 2.18. The van der Waals surface area contributed by atoms with E-state index in [9.17, 15) is 0 Å². The smallest absolute Gasteiger partial charge is 0.191 e. The molecular weight excluding hydrogens is 361 g/mol. The first-order valence-corrected chi connectivity index (χ1v) is 7.91. The van der Waals surface area contributed by atoms with Crippen LogP contribution in [0.25, 0.3) is 0 Å². The molecule has 0 aliphatic carbocycles. The summed E-state index contributed by atoms with van der Waals surface area (Å²) in [5, 5.41) is 6.54. The second kappa shape index (κ2) is 9.57. The van der Waals surface area contributed by atoms with Crippen molar-refractivity contribution in [3.63, 3.8) is 0 Å². The second-order valence-electron chi connectivity index (χ2n) is 3.64. The van der Waals surface area contributed by atoms with E-state index >= 15 is 0 Å². The maximum atomic E-state index is 4.99. The SMILES string of the molecule is CCNC(=NCCOC)NCCc1ccc(I)s1. The zero-order valence-electron chi connectivity index (χ0n) is 10.8. The van der Waals surface area contributed by atoms with Crippen molar-refractivity contribution in [2.45, 2.75) is 13.3 Å². The lowest BCUT2D eigenvalue weighted by atomic mass is 10.3. The number of rotatable bonds is 7. The molecule has 0 spiro atoms. The lowest BCUT2D eigenvalue weighted by Gasteiger charge is -2.10. The fourth-order valence-corrected chi connectivity index (χ4v) is 3.14. The lowest BCUT2D eigenvalue weighted by Crippen LogP contribution is -2.38. The van der Waals surface area contributed by atoms with Gasteiger partial charge >= 0.3 is 0 Å². The van der Waals surface area contributed by atoms with Gasteiger partial charge in [0, 0.05) is 25.1 Å². The average Bonchev–Trinajstić information content (AvgIpc) is 2.75. The molecule has 0 aliphatic rings. The molecule has 0 aliphatic heterocycles. The Bertz CT molecular complexity index is 368. The van der Waals surface area contributed by atoms with Gasteiger partial charge in [-0.15, -0.1) is 11.3 Å². The van der Waals surface area contributed by atoms with E-state index < -0.39 is 0 Å². The van der Waals surface area contributed by atoms with E-state index in [2.05, 4.69) is 57.3 Å². The van der Waals surface area contributed by atoms with Crippen molar-refractivity contribution in [3.8, 4) is 0 Å². The van der Waals surface area contributed by atoms with Crippen molar-refractivity contribution in [2.24, 2.45) is 4.99 Å². The Labute approximate surface area is 126 Å². The molecular formula is C12H20IN3OS. The minimum atomic E-state index is 0.652. The summed E-state index contributed by atoms with van der Waals surface area (Å²) in [6.45, 7) is 5.17. The molecule has 1 heterocycles. The topological polar surface area (TPSA) is 45.7 Å².